The summed E-state index contributed by atoms with van der Waals surface area (Å²) in [7, 11) is 0. The van der Waals surface area contributed by atoms with Crippen LogP contribution in [0.4, 0.5) is 4.39 Å². The predicted octanol–water partition coefficient (Wildman–Crippen LogP) is 1.65. The highest BCUT2D eigenvalue weighted by Crippen LogP contribution is 2.09. The van der Waals surface area contributed by atoms with E-state index in [9.17, 15) is 9.18 Å². The van der Waals surface area contributed by atoms with Crippen molar-refractivity contribution in [1.82, 2.24) is 5.32 Å². The highest BCUT2D eigenvalue weighted by Gasteiger charge is 2.06. The van der Waals surface area contributed by atoms with Crippen LogP contribution in [0.25, 0.3) is 0 Å². The lowest BCUT2D eigenvalue weighted by Gasteiger charge is -2.10. The molecule has 1 atom stereocenters. The summed E-state index contributed by atoms with van der Waals surface area (Å²) in [5, 5.41) is 11.4. The second kappa shape index (κ2) is 7.01. The van der Waals surface area contributed by atoms with Crippen LogP contribution in [0.5, 0.6) is 0 Å². The summed E-state index contributed by atoms with van der Waals surface area (Å²) in [6.07, 6.45) is 1.50. The number of amides is 1. The molecule has 17 heavy (non-hydrogen) atoms. The van der Waals surface area contributed by atoms with Gasteiger partial charge in [0.05, 0.1) is 6.61 Å². The van der Waals surface area contributed by atoms with Crippen LogP contribution in [0, 0.1) is 5.82 Å². The molecule has 0 aliphatic rings. The van der Waals surface area contributed by atoms with Gasteiger partial charge in [-0.25, -0.2) is 4.39 Å². The van der Waals surface area contributed by atoms with Crippen LogP contribution in [0.15, 0.2) is 24.3 Å². The number of hydrogen-bond acceptors (Lipinski definition) is 2. The first-order valence-corrected chi connectivity index (χ1v) is 5.77. The Bertz CT molecular complexity index is 368. The van der Waals surface area contributed by atoms with E-state index in [4.69, 9.17) is 5.11 Å². The second-order valence-electron chi connectivity index (χ2n) is 4.10. The summed E-state index contributed by atoms with van der Waals surface area (Å²) in [6.45, 7) is 1.66. The van der Waals surface area contributed by atoms with Crippen molar-refractivity contribution in [2.45, 2.75) is 32.2 Å². The number of hydrogen-bond donors (Lipinski definition) is 2. The molecule has 1 unspecified atom stereocenters. The molecule has 2 N–H and O–H groups in total. The summed E-state index contributed by atoms with van der Waals surface area (Å²) < 4.78 is 13.2. The number of benzene rings is 1. The average molecular weight is 239 g/mol. The SMILES string of the molecule is CC(CO)NC(=O)CCCc1ccccc1F. The monoisotopic (exact) mass is 239 g/mol. The summed E-state index contributed by atoms with van der Waals surface area (Å²) in [5.41, 5.74) is 0.635. The molecular formula is C13H18FNO2. The van der Waals surface area contributed by atoms with Gasteiger partial charge in [0.1, 0.15) is 5.82 Å². The molecule has 1 aromatic rings. The average Bonchev–Trinajstić information content (AvgIpc) is 2.31. The Hall–Kier alpha value is -1.42. The van der Waals surface area contributed by atoms with E-state index < -0.39 is 0 Å². The first-order valence-electron chi connectivity index (χ1n) is 5.77. The van der Waals surface area contributed by atoms with Crippen molar-refractivity contribution >= 4 is 5.91 Å². The van der Waals surface area contributed by atoms with Crippen LogP contribution in [-0.2, 0) is 11.2 Å². The fraction of sp³-hybridized carbons (Fsp3) is 0.462. The highest BCUT2D eigenvalue weighted by molar-refractivity contribution is 5.76. The van der Waals surface area contributed by atoms with Crippen molar-refractivity contribution in [2.75, 3.05) is 6.61 Å². The van der Waals surface area contributed by atoms with Gasteiger partial charge in [-0.2, -0.15) is 0 Å². The third kappa shape index (κ3) is 4.95. The van der Waals surface area contributed by atoms with E-state index in [-0.39, 0.29) is 24.4 Å². The van der Waals surface area contributed by atoms with Crippen molar-refractivity contribution in [3.05, 3.63) is 35.6 Å². The molecular weight excluding hydrogens is 221 g/mol. The zero-order chi connectivity index (χ0) is 12.7. The third-order valence-electron chi connectivity index (χ3n) is 2.49. The molecule has 3 nitrogen and oxygen atoms in total. The molecule has 94 valence electrons. The Labute approximate surface area is 101 Å². The van der Waals surface area contributed by atoms with Gasteiger partial charge < -0.3 is 10.4 Å². The Balaban J connectivity index is 2.29. The van der Waals surface area contributed by atoms with Crippen molar-refractivity contribution in [3.63, 3.8) is 0 Å². The molecule has 0 aliphatic heterocycles. The fourth-order valence-electron chi connectivity index (χ4n) is 1.53. The summed E-state index contributed by atoms with van der Waals surface area (Å²) >= 11 is 0. The number of aryl methyl sites for hydroxylation is 1. The molecule has 0 spiro atoms. The molecule has 0 bridgehead atoms. The van der Waals surface area contributed by atoms with Crippen molar-refractivity contribution in [2.24, 2.45) is 0 Å². The first kappa shape index (κ1) is 13.6. The first-order chi connectivity index (χ1) is 8.13. The van der Waals surface area contributed by atoms with Crippen LogP contribution in [-0.4, -0.2) is 23.7 Å². The minimum absolute atomic E-state index is 0.0704. The van der Waals surface area contributed by atoms with E-state index in [2.05, 4.69) is 5.32 Å². The molecule has 0 fully saturated rings. The maximum Gasteiger partial charge on any atom is 0.220 e. The Morgan fingerprint density at radius 3 is 2.82 bits per heavy atom. The summed E-state index contributed by atoms with van der Waals surface area (Å²) in [5.74, 6) is -0.334. The van der Waals surface area contributed by atoms with E-state index in [1.807, 2.05) is 0 Å². The van der Waals surface area contributed by atoms with E-state index in [1.165, 1.54) is 6.07 Å². The van der Waals surface area contributed by atoms with Gasteiger partial charge in [-0.3, -0.25) is 4.79 Å². The molecule has 0 saturated carbocycles. The molecule has 1 amide bonds. The standard InChI is InChI=1S/C13H18FNO2/c1-10(9-16)15-13(17)8-4-6-11-5-2-3-7-12(11)14/h2-3,5,7,10,16H,4,6,8-9H2,1H3,(H,15,17). The molecule has 4 heteroatoms. The number of rotatable bonds is 6. The molecule has 1 aromatic carbocycles. The molecule has 0 radical (unpaired) electrons. The van der Waals surface area contributed by atoms with Crippen LogP contribution in [0.2, 0.25) is 0 Å². The topological polar surface area (TPSA) is 49.3 Å². The van der Waals surface area contributed by atoms with Crippen LogP contribution in [0.1, 0.15) is 25.3 Å². The normalized spacial score (nSPS) is 12.2. The minimum Gasteiger partial charge on any atom is -0.394 e. The smallest absolute Gasteiger partial charge is 0.220 e. The van der Waals surface area contributed by atoms with Crippen molar-refractivity contribution in [1.29, 1.82) is 0 Å². The van der Waals surface area contributed by atoms with Crippen molar-refractivity contribution < 1.29 is 14.3 Å². The van der Waals surface area contributed by atoms with Gasteiger partial charge in [0.2, 0.25) is 5.91 Å². The van der Waals surface area contributed by atoms with E-state index in [0.717, 1.165) is 0 Å². The maximum atomic E-state index is 13.2. The summed E-state index contributed by atoms with van der Waals surface area (Å²) in [4.78, 5) is 11.4. The number of halogens is 1. The van der Waals surface area contributed by atoms with Crippen LogP contribution in [0.3, 0.4) is 0 Å². The second-order valence-corrected chi connectivity index (χ2v) is 4.10. The molecule has 0 aromatic heterocycles. The maximum absolute atomic E-state index is 13.2. The zero-order valence-electron chi connectivity index (χ0n) is 9.95. The highest BCUT2D eigenvalue weighted by atomic mass is 19.1. The number of nitrogens with one attached hydrogen (secondary N) is 1. The largest absolute Gasteiger partial charge is 0.394 e. The quantitative estimate of drug-likeness (QED) is 0.793. The van der Waals surface area contributed by atoms with E-state index in [1.54, 1.807) is 25.1 Å². The van der Waals surface area contributed by atoms with E-state index >= 15 is 0 Å². The van der Waals surface area contributed by atoms with E-state index in [0.29, 0.717) is 24.8 Å². The lowest BCUT2D eigenvalue weighted by atomic mass is 10.1. The lowest BCUT2D eigenvalue weighted by molar-refractivity contribution is -0.122. The molecule has 0 saturated heterocycles. The van der Waals surface area contributed by atoms with Gasteiger partial charge in [-0.05, 0) is 31.4 Å². The number of aliphatic hydroxyl groups excluding tert-OH is 1. The van der Waals surface area contributed by atoms with Crippen LogP contribution >= 0.6 is 0 Å². The van der Waals surface area contributed by atoms with Gasteiger partial charge in [-0.15, -0.1) is 0 Å². The molecule has 1 rings (SSSR count). The fourth-order valence-corrected chi connectivity index (χ4v) is 1.53. The number of carbonyl (C=O) groups is 1. The number of aliphatic hydroxyl groups is 1. The molecule has 0 heterocycles. The Kier molecular flexibility index (Phi) is 5.63. The summed E-state index contributed by atoms with van der Waals surface area (Å²) in [6, 6.07) is 6.35. The lowest BCUT2D eigenvalue weighted by Crippen LogP contribution is -2.34. The van der Waals surface area contributed by atoms with Gasteiger partial charge >= 0.3 is 0 Å². The van der Waals surface area contributed by atoms with Gasteiger partial charge in [0.15, 0.2) is 0 Å². The van der Waals surface area contributed by atoms with Gasteiger partial charge in [0, 0.05) is 12.5 Å². The predicted molar refractivity (Wildman–Crippen MR) is 64.0 cm³/mol. The Morgan fingerprint density at radius 1 is 1.47 bits per heavy atom. The minimum atomic E-state index is -0.226. The molecule has 0 aliphatic carbocycles. The number of carbonyl (C=O) groups excluding carboxylic acids is 1. The van der Waals surface area contributed by atoms with Crippen molar-refractivity contribution in [3.8, 4) is 0 Å². The Morgan fingerprint density at radius 2 is 2.18 bits per heavy atom. The van der Waals surface area contributed by atoms with Gasteiger partial charge in [0.25, 0.3) is 0 Å². The van der Waals surface area contributed by atoms with Gasteiger partial charge in [-0.1, -0.05) is 18.2 Å². The third-order valence-corrected chi connectivity index (χ3v) is 2.49. The zero-order valence-corrected chi connectivity index (χ0v) is 9.95. The van der Waals surface area contributed by atoms with Crippen LogP contribution < -0.4 is 5.32 Å².